The number of rotatable bonds is 7. The molecule has 1 aliphatic carbocycles. The van der Waals surface area contributed by atoms with Gasteiger partial charge in [-0.1, -0.05) is 32.0 Å². The minimum Gasteiger partial charge on any atom is -0.338 e. The van der Waals surface area contributed by atoms with Crippen LogP contribution < -0.4 is 11.1 Å². The van der Waals surface area contributed by atoms with E-state index in [0.29, 0.717) is 29.8 Å². The summed E-state index contributed by atoms with van der Waals surface area (Å²) >= 11 is 0. The Morgan fingerprint density at radius 1 is 1.18 bits per heavy atom. The third kappa shape index (κ3) is 4.93. The predicted octanol–water partition coefficient (Wildman–Crippen LogP) is 1.80. The number of nitrogens with one attached hydrogen (secondary N) is 1. The fraction of sp³-hybridized carbons (Fsp3) is 0.667. The van der Waals surface area contributed by atoms with Crippen molar-refractivity contribution in [3.8, 4) is 0 Å². The van der Waals surface area contributed by atoms with Crippen LogP contribution in [0.15, 0.2) is 35.2 Å². The van der Waals surface area contributed by atoms with Gasteiger partial charge in [-0.3, -0.25) is 4.79 Å². The van der Waals surface area contributed by atoms with Crippen molar-refractivity contribution in [2.24, 2.45) is 17.6 Å². The number of nitrogens with two attached hydrogens (primary N) is 1. The molecule has 3 N–H and O–H groups in total. The highest BCUT2D eigenvalue weighted by Gasteiger charge is 2.42. The van der Waals surface area contributed by atoms with Gasteiger partial charge in [0.15, 0.2) is 9.84 Å². The minimum atomic E-state index is -3.41. The lowest BCUT2D eigenvalue weighted by molar-refractivity contribution is -0.132. The SMILES string of the molecule is CC(C)CN[C@@H]1CC[C@H](N2CC[C@H](N)C2=O)[C@H](CS(=O)(=O)c2ccccc2)C1. The molecule has 1 aromatic carbocycles. The highest BCUT2D eigenvalue weighted by molar-refractivity contribution is 7.91. The van der Waals surface area contributed by atoms with E-state index in [1.54, 1.807) is 24.3 Å². The highest BCUT2D eigenvalue weighted by atomic mass is 32.2. The minimum absolute atomic E-state index is 0.0271. The van der Waals surface area contributed by atoms with Crippen molar-refractivity contribution in [1.82, 2.24) is 10.2 Å². The number of hydrogen-bond acceptors (Lipinski definition) is 5. The maximum Gasteiger partial charge on any atom is 0.239 e. The van der Waals surface area contributed by atoms with E-state index in [-0.39, 0.29) is 23.6 Å². The van der Waals surface area contributed by atoms with E-state index in [2.05, 4.69) is 19.2 Å². The Bertz CT molecular complexity index is 766. The van der Waals surface area contributed by atoms with Crippen molar-refractivity contribution in [2.75, 3.05) is 18.8 Å². The molecule has 0 aromatic heterocycles. The van der Waals surface area contributed by atoms with Crippen LogP contribution in [-0.2, 0) is 14.6 Å². The van der Waals surface area contributed by atoms with Crippen LogP contribution in [0.2, 0.25) is 0 Å². The van der Waals surface area contributed by atoms with Crippen molar-refractivity contribution in [3.05, 3.63) is 30.3 Å². The summed E-state index contributed by atoms with van der Waals surface area (Å²) in [4.78, 5) is 14.7. The number of likely N-dealkylation sites (tertiary alicyclic amines) is 1. The Balaban J connectivity index is 1.79. The van der Waals surface area contributed by atoms with Crippen molar-refractivity contribution in [1.29, 1.82) is 0 Å². The van der Waals surface area contributed by atoms with Crippen LogP contribution in [-0.4, -0.2) is 56.2 Å². The lowest BCUT2D eigenvalue weighted by atomic mass is 9.81. The zero-order chi connectivity index (χ0) is 20.3. The van der Waals surface area contributed by atoms with Gasteiger partial charge in [0.1, 0.15) is 0 Å². The summed E-state index contributed by atoms with van der Waals surface area (Å²) in [5, 5.41) is 3.58. The summed E-state index contributed by atoms with van der Waals surface area (Å²) in [6, 6.07) is 8.43. The van der Waals surface area contributed by atoms with Gasteiger partial charge in [0, 0.05) is 18.6 Å². The molecule has 1 saturated carbocycles. The van der Waals surface area contributed by atoms with Gasteiger partial charge in [-0.25, -0.2) is 8.42 Å². The van der Waals surface area contributed by atoms with Crippen molar-refractivity contribution in [3.63, 3.8) is 0 Å². The number of amides is 1. The quantitative estimate of drug-likeness (QED) is 0.719. The second-order valence-corrected chi connectivity index (χ2v) is 10.7. The Labute approximate surface area is 168 Å². The first kappa shape index (κ1) is 21.3. The van der Waals surface area contributed by atoms with Crippen LogP contribution in [0.25, 0.3) is 0 Å². The molecule has 0 spiro atoms. The first-order chi connectivity index (χ1) is 13.3. The molecule has 1 aliphatic heterocycles. The zero-order valence-electron chi connectivity index (χ0n) is 16.9. The van der Waals surface area contributed by atoms with Crippen LogP contribution in [0.4, 0.5) is 0 Å². The summed E-state index contributed by atoms with van der Waals surface area (Å²) in [5.74, 6) is 0.501. The van der Waals surface area contributed by atoms with Crippen molar-refractivity contribution >= 4 is 15.7 Å². The molecule has 2 aliphatic rings. The molecule has 7 heteroatoms. The van der Waals surface area contributed by atoms with Crippen LogP contribution in [0.1, 0.15) is 39.5 Å². The van der Waals surface area contributed by atoms with Crippen molar-refractivity contribution < 1.29 is 13.2 Å². The third-order valence-corrected chi connectivity index (χ3v) is 7.83. The number of carbonyl (C=O) groups is 1. The van der Waals surface area contributed by atoms with E-state index in [4.69, 9.17) is 5.73 Å². The molecule has 6 nitrogen and oxygen atoms in total. The molecule has 0 bridgehead atoms. The molecule has 1 amide bonds. The summed E-state index contributed by atoms with van der Waals surface area (Å²) in [7, 11) is -3.41. The number of benzene rings is 1. The second-order valence-electron chi connectivity index (χ2n) is 8.66. The maximum atomic E-state index is 13.0. The lowest BCUT2D eigenvalue weighted by Gasteiger charge is -2.41. The Hall–Kier alpha value is -1.44. The Morgan fingerprint density at radius 2 is 1.89 bits per heavy atom. The molecule has 2 fully saturated rings. The van der Waals surface area contributed by atoms with Crippen LogP contribution in [0.5, 0.6) is 0 Å². The summed E-state index contributed by atoms with van der Waals surface area (Å²) in [6.07, 6.45) is 3.20. The monoisotopic (exact) mass is 407 g/mol. The fourth-order valence-corrected chi connectivity index (χ4v) is 6.17. The smallest absolute Gasteiger partial charge is 0.239 e. The largest absolute Gasteiger partial charge is 0.338 e. The summed E-state index contributed by atoms with van der Waals surface area (Å²) in [5.41, 5.74) is 5.93. The van der Waals surface area contributed by atoms with E-state index in [0.717, 1.165) is 25.8 Å². The molecule has 3 rings (SSSR count). The molecule has 0 unspecified atom stereocenters. The average Bonchev–Trinajstić information content (AvgIpc) is 2.99. The van der Waals surface area contributed by atoms with Gasteiger partial charge in [-0.15, -0.1) is 0 Å². The van der Waals surface area contributed by atoms with Gasteiger partial charge in [-0.2, -0.15) is 0 Å². The first-order valence-electron chi connectivity index (χ1n) is 10.3. The predicted molar refractivity (Wildman–Crippen MR) is 111 cm³/mol. The molecular weight excluding hydrogens is 374 g/mol. The van der Waals surface area contributed by atoms with E-state index in [1.807, 2.05) is 11.0 Å². The normalized spacial score (nSPS) is 28.9. The van der Waals surface area contributed by atoms with E-state index >= 15 is 0 Å². The third-order valence-electron chi connectivity index (χ3n) is 5.97. The average molecular weight is 408 g/mol. The molecule has 1 saturated heterocycles. The fourth-order valence-electron chi connectivity index (χ4n) is 4.49. The highest BCUT2D eigenvalue weighted by Crippen LogP contribution is 2.33. The lowest BCUT2D eigenvalue weighted by Crippen LogP contribution is -2.51. The number of carbonyl (C=O) groups excluding carboxylic acids is 1. The van der Waals surface area contributed by atoms with E-state index < -0.39 is 15.9 Å². The molecule has 1 aromatic rings. The van der Waals surface area contributed by atoms with E-state index in [1.165, 1.54) is 0 Å². The standard InChI is InChI=1S/C21H33N3O3S/c1-15(2)13-23-17-8-9-20(24-11-10-19(22)21(24)25)16(12-17)14-28(26,27)18-6-4-3-5-7-18/h3-7,15-17,19-20,23H,8-14,22H2,1-2H3/t16-,17+,19-,20-/m0/s1. The molecule has 0 radical (unpaired) electrons. The summed E-state index contributed by atoms with van der Waals surface area (Å²) < 4.78 is 26.1. The molecule has 156 valence electrons. The van der Waals surface area contributed by atoms with Gasteiger partial charge in [0.05, 0.1) is 16.7 Å². The molecule has 4 atom stereocenters. The zero-order valence-corrected chi connectivity index (χ0v) is 17.7. The van der Waals surface area contributed by atoms with Crippen LogP contribution in [0.3, 0.4) is 0 Å². The number of nitrogens with zero attached hydrogens (tertiary/aromatic N) is 1. The molecular formula is C21H33N3O3S. The number of hydrogen-bond donors (Lipinski definition) is 2. The number of sulfone groups is 1. The first-order valence-corrected chi connectivity index (χ1v) is 12.0. The topological polar surface area (TPSA) is 92.5 Å². The maximum absolute atomic E-state index is 13.0. The van der Waals surface area contributed by atoms with Gasteiger partial charge in [-0.05, 0) is 56.2 Å². The summed E-state index contributed by atoms with van der Waals surface area (Å²) in [6.45, 7) is 5.89. The van der Waals surface area contributed by atoms with Crippen LogP contribution in [0, 0.1) is 11.8 Å². The van der Waals surface area contributed by atoms with E-state index in [9.17, 15) is 13.2 Å². The van der Waals surface area contributed by atoms with Gasteiger partial charge in [0.2, 0.25) is 5.91 Å². The molecule has 28 heavy (non-hydrogen) atoms. The Morgan fingerprint density at radius 3 is 2.50 bits per heavy atom. The van der Waals surface area contributed by atoms with Crippen LogP contribution >= 0.6 is 0 Å². The Kier molecular flexibility index (Phi) is 6.78. The van der Waals surface area contributed by atoms with Gasteiger partial charge < -0.3 is 16.0 Å². The van der Waals surface area contributed by atoms with Crippen molar-refractivity contribution in [2.45, 2.75) is 62.6 Å². The second kappa shape index (κ2) is 8.93. The van der Waals surface area contributed by atoms with Gasteiger partial charge in [0.25, 0.3) is 0 Å². The van der Waals surface area contributed by atoms with Gasteiger partial charge >= 0.3 is 0 Å². The molecule has 1 heterocycles.